The van der Waals surface area contributed by atoms with Crippen molar-refractivity contribution >= 4 is 0 Å². The van der Waals surface area contributed by atoms with E-state index in [9.17, 15) is 5.11 Å². The van der Waals surface area contributed by atoms with E-state index < -0.39 is 0 Å². The van der Waals surface area contributed by atoms with Crippen LogP contribution in [0.5, 0.6) is 0 Å². The number of hydrogen-bond acceptors (Lipinski definition) is 3. The molecule has 0 spiro atoms. The molecule has 88 valence electrons. The molecule has 15 heavy (non-hydrogen) atoms. The summed E-state index contributed by atoms with van der Waals surface area (Å²) in [6.07, 6.45) is 7.15. The maximum atomic E-state index is 9.82. The number of aliphatic hydroxyl groups excluding tert-OH is 1. The highest BCUT2D eigenvalue weighted by molar-refractivity contribution is 4.82. The van der Waals surface area contributed by atoms with Crippen molar-refractivity contribution in [2.75, 3.05) is 19.6 Å². The molecule has 1 saturated carbocycles. The van der Waals surface area contributed by atoms with Crippen molar-refractivity contribution in [3.63, 3.8) is 0 Å². The third kappa shape index (κ3) is 3.44. The molecule has 1 aliphatic heterocycles. The first-order valence-electron chi connectivity index (χ1n) is 6.48. The van der Waals surface area contributed by atoms with Gasteiger partial charge < -0.3 is 15.7 Å². The van der Waals surface area contributed by atoms with Crippen LogP contribution in [0.4, 0.5) is 0 Å². The third-order valence-corrected chi connectivity index (χ3v) is 3.80. The number of nitrogens with one attached hydrogen (secondary N) is 2. The van der Waals surface area contributed by atoms with E-state index >= 15 is 0 Å². The van der Waals surface area contributed by atoms with Gasteiger partial charge in [0.05, 0.1) is 6.10 Å². The Labute approximate surface area is 92.6 Å². The second kappa shape index (κ2) is 5.83. The molecule has 0 bridgehead atoms. The lowest BCUT2D eigenvalue weighted by Gasteiger charge is -2.31. The zero-order valence-electron chi connectivity index (χ0n) is 9.54. The lowest BCUT2D eigenvalue weighted by molar-refractivity contribution is 0.0880. The van der Waals surface area contributed by atoms with Crippen molar-refractivity contribution < 1.29 is 5.11 Å². The summed E-state index contributed by atoms with van der Waals surface area (Å²) >= 11 is 0. The Balaban J connectivity index is 1.67. The molecule has 0 aromatic carbocycles. The predicted molar refractivity (Wildman–Crippen MR) is 61.9 cm³/mol. The van der Waals surface area contributed by atoms with Gasteiger partial charge in [0.2, 0.25) is 0 Å². The highest BCUT2D eigenvalue weighted by atomic mass is 16.3. The van der Waals surface area contributed by atoms with Crippen LogP contribution in [0.2, 0.25) is 0 Å². The molecule has 1 heterocycles. The molecule has 0 aromatic heterocycles. The monoisotopic (exact) mass is 212 g/mol. The van der Waals surface area contributed by atoms with Gasteiger partial charge in [0, 0.05) is 6.04 Å². The first-order valence-corrected chi connectivity index (χ1v) is 6.48. The molecule has 0 amide bonds. The van der Waals surface area contributed by atoms with Crippen molar-refractivity contribution in [2.45, 2.75) is 50.7 Å². The van der Waals surface area contributed by atoms with Crippen LogP contribution in [0.3, 0.4) is 0 Å². The third-order valence-electron chi connectivity index (χ3n) is 3.80. The van der Waals surface area contributed by atoms with Crippen LogP contribution < -0.4 is 10.6 Å². The Bertz CT molecular complexity index is 180. The summed E-state index contributed by atoms with van der Waals surface area (Å²) in [5, 5.41) is 16.8. The summed E-state index contributed by atoms with van der Waals surface area (Å²) in [5.74, 6) is 0.771. The molecule has 2 fully saturated rings. The summed E-state index contributed by atoms with van der Waals surface area (Å²) in [4.78, 5) is 0. The predicted octanol–water partition coefficient (Wildman–Crippen LogP) is 0.879. The summed E-state index contributed by atoms with van der Waals surface area (Å²) < 4.78 is 0. The normalized spacial score (nSPS) is 37.8. The van der Waals surface area contributed by atoms with Crippen LogP contribution in [-0.2, 0) is 0 Å². The number of piperidine rings is 1. The molecular formula is C12H24N2O. The van der Waals surface area contributed by atoms with Gasteiger partial charge in [-0.25, -0.2) is 0 Å². The van der Waals surface area contributed by atoms with Crippen molar-refractivity contribution in [2.24, 2.45) is 5.92 Å². The quantitative estimate of drug-likeness (QED) is 0.651. The SMILES string of the molecule is OC1CCCCC1NCC1CCCNC1. The van der Waals surface area contributed by atoms with Crippen LogP contribution in [-0.4, -0.2) is 36.9 Å². The van der Waals surface area contributed by atoms with E-state index in [1.165, 1.54) is 32.2 Å². The van der Waals surface area contributed by atoms with Gasteiger partial charge in [0.1, 0.15) is 0 Å². The second-order valence-corrected chi connectivity index (χ2v) is 5.08. The Hall–Kier alpha value is -0.120. The van der Waals surface area contributed by atoms with Crippen molar-refractivity contribution in [3.05, 3.63) is 0 Å². The topological polar surface area (TPSA) is 44.3 Å². The van der Waals surface area contributed by atoms with Crippen molar-refractivity contribution in [1.82, 2.24) is 10.6 Å². The molecule has 1 saturated heterocycles. The maximum absolute atomic E-state index is 9.82. The molecule has 3 unspecified atom stereocenters. The highest BCUT2D eigenvalue weighted by Crippen LogP contribution is 2.19. The van der Waals surface area contributed by atoms with Gasteiger partial charge in [-0.3, -0.25) is 0 Å². The Morgan fingerprint density at radius 3 is 2.73 bits per heavy atom. The molecule has 1 aliphatic carbocycles. The summed E-state index contributed by atoms with van der Waals surface area (Å²) in [7, 11) is 0. The molecule has 2 aliphatic rings. The molecular weight excluding hydrogens is 188 g/mol. The van der Waals surface area contributed by atoms with Gasteiger partial charge in [-0.05, 0) is 51.2 Å². The number of hydrogen-bond donors (Lipinski definition) is 3. The second-order valence-electron chi connectivity index (χ2n) is 5.08. The molecule has 3 heteroatoms. The number of aliphatic hydroxyl groups is 1. The Morgan fingerprint density at radius 1 is 1.13 bits per heavy atom. The molecule has 0 radical (unpaired) electrons. The van der Waals surface area contributed by atoms with E-state index in [2.05, 4.69) is 10.6 Å². The minimum atomic E-state index is -0.102. The first-order chi connectivity index (χ1) is 7.36. The zero-order chi connectivity index (χ0) is 10.5. The Kier molecular flexibility index (Phi) is 4.42. The molecule has 2 rings (SSSR count). The van der Waals surface area contributed by atoms with Crippen molar-refractivity contribution in [3.8, 4) is 0 Å². The fraction of sp³-hybridized carbons (Fsp3) is 1.00. The largest absolute Gasteiger partial charge is 0.392 e. The maximum Gasteiger partial charge on any atom is 0.0693 e. The standard InChI is InChI=1S/C12H24N2O/c15-12-6-2-1-5-11(12)14-9-10-4-3-7-13-8-10/h10-15H,1-9H2. The highest BCUT2D eigenvalue weighted by Gasteiger charge is 2.23. The summed E-state index contributed by atoms with van der Waals surface area (Å²) in [5.41, 5.74) is 0. The van der Waals surface area contributed by atoms with Crippen LogP contribution in [0.25, 0.3) is 0 Å². The summed E-state index contributed by atoms with van der Waals surface area (Å²) in [6.45, 7) is 3.41. The fourth-order valence-corrected chi connectivity index (χ4v) is 2.77. The van der Waals surface area contributed by atoms with E-state index in [1.54, 1.807) is 0 Å². The van der Waals surface area contributed by atoms with Gasteiger partial charge in [-0.15, -0.1) is 0 Å². The van der Waals surface area contributed by atoms with Gasteiger partial charge in [-0.2, -0.15) is 0 Å². The molecule has 3 nitrogen and oxygen atoms in total. The zero-order valence-corrected chi connectivity index (χ0v) is 9.54. The smallest absolute Gasteiger partial charge is 0.0693 e. The lowest BCUT2D eigenvalue weighted by atomic mass is 9.91. The van der Waals surface area contributed by atoms with E-state index in [0.29, 0.717) is 6.04 Å². The van der Waals surface area contributed by atoms with Gasteiger partial charge in [0.15, 0.2) is 0 Å². The molecule has 3 atom stereocenters. The van der Waals surface area contributed by atoms with Crippen LogP contribution in [0.1, 0.15) is 38.5 Å². The molecule has 3 N–H and O–H groups in total. The van der Waals surface area contributed by atoms with E-state index in [-0.39, 0.29) is 6.10 Å². The Morgan fingerprint density at radius 2 is 2.00 bits per heavy atom. The minimum absolute atomic E-state index is 0.102. The van der Waals surface area contributed by atoms with Gasteiger partial charge in [0.25, 0.3) is 0 Å². The van der Waals surface area contributed by atoms with Gasteiger partial charge in [-0.1, -0.05) is 12.8 Å². The minimum Gasteiger partial charge on any atom is -0.392 e. The summed E-state index contributed by atoms with van der Waals surface area (Å²) in [6, 6.07) is 0.362. The van der Waals surface area contributed by atoms with Gasteiger partial charge >= 0.3 is 0 Å². The van der Waals surface area contributed by atoms with Crippen molar-refractivity contribution in [1.29, 1.82) is 0 Å². The van der Waals surface area contributed by atoms with E-state index in [0.717, 1.165) is 31.8 Å². The number of rotatable bonds is 3. The van der Waals surface area contributed by atoms with Crippen LogP contribution in [0, 0.1) is 5.92 Å². The van der Waals surface area contributed by atoms with E-state index in [1.807, 2.05) is 0 Å². The first kappa shape index (κ1) is 11.4. The average Bonchev–Trinajstić information content (AvgIpc) is 2.29. The van der Waals surface area contributed by atoms with Crippen LogP contribution >= 0.6 is 0 Å². The molecule has 0 aromatic rings. The average molecular weight is 212 g/mol. The van der Waals surface area contributed by atoms with Crippen LogP contribution in [0.15, 0.2) is 0 Å². The lowest BCUT2D eigenvalue weighted by Crippen LogP contribution is -2.46. The fourth-order valence-electron chi connectivity index (χ4n) is 2.77. The van der Waals surface area contributed by atoms with E-state index in [4.69, 9.17) is 0 Å².